The molecule has 4 aromatic rings. The average molecular weight is 512 g/mol. The van der Waals surface area contributed by atoms with Crippen LogP contribution in [0.1, 0.15) is 29.8 Å². The molecule has 0 spiro atoms. The molecule has 1 saturated heterocycles. The van der Waals surface area contributed by atoms with Crippen molar-refractivity contribution in [2.24, 2.45) is 0 Å². The van der Waals surface area contributed by atoms with Gasteiger partial charge in [0.15, 0.2) is 5.79 Å². The van der Waals surface area contributed by atoms with E-state index in [1.54, 1.807) is 42.5 Å². The van der Waals surface area contributed by atoms with Gasteiger partial charge in [-0.1, -0.05) is 30.3 Å². The summed E-state index contributed by atoms with van der Waals surface area (Å²) in [5, 5.41) is 2.81. The van der Waals surface area contributed by atoms with Crippen LogP contribution in [0.4, 0.5) is 18.9 Å². The third kappa shape index (κ3) is 5.45. The SMILES string of the molecule is CC1(C)OC[C@@H](COc2cccc(NC(=O)c3cccc4[nH]c(-c5ccccc5C(F)(F)F)nc34)c2)O1. The second kappa shape index (κ2) is 9.53. The molecule has 1 aromatic heterocycles. The lowest BCUT2D eigenvalue weighted by Crippen LogP contribution is -2.25. The Bertz CT molecular complexity index is 1450. The van der Waals surface area contributed by atoms with E-state index >= 15 is 0 Å². The average Bonchev–Trinajstić information content (AvgIpc) is 3.45. The molecule has 0 unspecified atom stereocenters. The van der Waals surface area contributed by atoms with Crippen LogP contribution in [0.15, 0.2) is 66.7 Å². The minimum absolute atomic E-state index is 0.0276. The van der Waals surface area contributed by atoms with Gasteiger partial charge in [-0.15, -0.1) is 0 Å². The number of carbonyl (C=O) groups is 1. The largest absolute Gasteiger partial charge is 0.491 e. The number of alkyl halides is 3. The second-order valence-corrected chi connectivity index (χ2v) is 9.07. The van der Waals surface area contributed by atoms with Crippen molar-refractivity contribution in [2.45, 2.75) is 31.9 Å². The van der Waals surface area contributed by atoms with E-state index < -0.39 is 23.4 Å². The van der Waals surface area contributed by atoms with Gasteiger partial charge in [0.25, 0.3) is 5.91 Å². The minimum atomic E-state index is -4.55. The second-order valence-electron chi connectivity index (χ2n) is 9.07. The van der Waals surface area contributed by atoms with Gasteiger partial charge >= 0.3 is 6.18 Å². The molecule has 1 aliphatic rings. The summed E-state index contributed by atoms with van der Waals surface area (Å²) in [6.45, 7) is 4.38. The molecule has 7 nitrogen and oxygen atoms in total. The van der Waals surface area contributed by atoms with Crippen LogP contribution < -0.4 is 10.1 Å². The molecule has 0 bridgehead atoms. The first-order chi connectivity index (χ1) is 17.6. The lowest BCUT2D eigenvalue weighted by atomic mass is 10.1. The van der Waals surface area contributed by atoms with Gasteiger partial charge in [0.1, 0.15) is 29.8 Å². The van der Waals surface area contributed by atoms with Crippen LogP contribution in [0.3, 0.4) is 0 Å². The summed E-state index contributed by atoms with van der Waals surface area (Å²) in [5.41, 5.74) is 0.507. The van der Waals surface area contributed by atoms with Crippen molar-refractivity contribution < 1.29 is 32.2 Å². The fraction of sp³-hybridized carbons (Fsp3) is 0.259. The van der Waals surface area contributed by atoms with Crippen molar-refractivity contribution in [1.29, 1.82) is 0 Å². The zero-order valence-corrected chi connectivity index (χ0v) is 20.1. The number of aromatic nitrogens is 2. The van der Waals surface area contributed by atoms with E-state index in [1.165, 1.54) is 18.2 Å². The Morgan fingerprint density at radius 1 is 1.14 bits per heavy atom. The number of nitrogens with one attached hydrogen (secondary N) is 2. The Balaban J connectivity index is 1.35. The standard InChI is InChI=1S/C27H24F3N3O4/c1-26(2)36-15-18(37-26)14-35-17-8-5-7-16(13-17)31-25(34)20-10-6-12-22-23(20)33-24(32-22)19-9-3-4-11-21(19)27(28,29)30/h3-13,18H,14-15H2,1-2H3,(H,31,34)(H,32,33)/t18-/m1/s1. The first-order valence-corrected chi connectivity index (χ1v) is 11.6. The highest BCUT2D eigenvalue weighted by atomic mass is 19.4. The molecule has 1 amide bonds. The molecule has 37 heavy (non-hydrogen) atoms. The highest BCUT2D eigenvalue weighted by Gasteiger charge is 2.34. The van der Waals surface area contributed by atoms with Crippen LogP contribution >= 0.6 is 0 Å². The number of para-hydroxylation sites is 1. The molecule has 1 aliphatic heterocycles. The number of anilines is 1. The van der Waals surface area contributed by atoms with Gasteiger partial charge in [0.05, 0.1) is 23.3 Å². The maximum atomic E-state index is 13.5. The lowest BCUT2D eigenvalue weighted by Gasteiger charge is -2.17. The van der Waals surface area contributed by atoms with Crippen LogP contribution in [-0.4, -0.2) is 41.0 Å². The Morgan fingerprint density at radius 2 is 1.92 bits per heavy atom. The highest BCUT2D eigenvalue weighted by molar-refractivity contribution is 6.11. The van der Waals surface area contributed by atoms with E-state index in [4.69, 9.17) is 14.2 Å². The predicted octanol–water partition coefficient (Wildman–Crippen LogP) is 6.03. The Labute approximate surface area is 210 Å². The maximum absolute atomic E-state index is 13.5. The van der Waals surface area contributed by atoms with Crippen molar-refractivity contribution in [2.75, 3.05) is 18.5 Å². The number of amides is 1. The number of H-pyrrole nitrogens is 1. The summed E-state index contributed by atoms with van der Waals surface area (Å²) >= 11 is 0. The monoisotopic (exact) mass is 511 g/mol. The van der Waals surface area contributed by atoms with E-state index in [9.17, 15) is 18.0 Å². The molecule has 10 heteroatoms. The molecular weight excluding hydrogens is 487 g/mol. The van der Waals surface area contributed by atoms with E-state index in [0.29, 0.717) is 23.6 Å². The molecule has 2 heterocycles. The van der Waals surface area contributed by atoms with Crippen LogP contribution in [0.5, 0.6) is 5.75 Å². The van der Waals surface area contributed by atoms with Gasteiger partial charge in [-0.2, -0.15) is 13.2 Å². The van der Waals surface area contributed by atoms with Gasteiger partial charge in [-0.05, 0) is 44.2 Å². The predicted molar refractivity (Wildman–Crippen MR) is 131 cm³/mol. The van der Waals surface area contributed by atoms with E-state index in [0.717, 1.165) is 6.07 Å². The van der Waals surface area contributed by atoms with Gasteiger partial charge in [-0.3, -0.25) is 4.79 Å². The summed E-state index contributed by atoms with van der Waals surface area (Å²) in [5.74, 6) is -0.541. The Kier molecular flexibility index (Phi) is 6.38. The molecule has 5 rings (SSSR count). The summed E-state index contributed by atoms with van der Waals surface area (Å²) in [4.78, 5) is 20.4. The highest BCUT2D eigenvalue weighted by Crippen LogP contribution is 2.36. The van der Waals surface area contributed by atoms with Gasteiger partial charge in [0.2, 0.25) is 0 Å². The van der Waals surface area contributed by atoms with Crippen LogP contribution in [0.2, 0.25) is 0 Å². The number of imidazole rings is 1. The number of fused-ring (bicyclic) bond motifs is 1. The topological polar surface area (TPSA) is 85.5 Å². The van der Waals surface area contributed by atoms with Crippen molar-refractivity contribution in [3.8, 4) is 17.1 Å². The molecule has 0 aliphatic carbocycles. The molecule has 0 radical (unpaired) electrons. The van der Waals surface area contributed by atoms with E-state index in [1.807, 2.05) is 13.8 Å². The third-order valence-electron chi connectivity index (χ3n) is 5.84. The van der Waals surface area contributed by atoms with Crippen LogP contribution in [0, 0.1) is 0 Å². The fourth-order valence-electron chi connectivity index (χ4n) is 4.18. The molecule has 1 fully saturated rings. The number of hydrogen-bond acceptors (Lipinski definition) is 5. The summed E-state index contributed by atoms with van der Waals surface area (Å²) in [7, 11) is 0. The van der Waals surface area contributed by atoms with Crippen molar-refractivity contribution in [3.63, 3.8) is 0 Å². The van der Waals surface area contributed by atoms with E-state index in [2.05, 4.69) is 15.3 Å². The van der Waals surface area contributed by atoms with Crippen LogP contribution in [0.25, 0.3) is 22.4 Å². The number of benzene rings is 3. The number of nitrogens with zero attached hydrogens (tertiary/aromatic N) is 1. The lowest BCUT2D eigenvalue weighted by molar-refractivity contribution is -0.141. The number of hydrogen-bond donors (Lipinski definition) is 2. The minimum Gasteiger partial charge on any atom is -0.491 e. The Hall–Kier alpha value is -3.89. The van der Waals surface area contributed by atoms with Crippen molar-refractivity contribution >= 4 is 22.6 Å². The summed E-state index contributed by atoms with van der Waals surface area (Å²) in [6.07, 6.45) is -4.75. The summed E-state index contributed by atoms with van der Waals surface area (Å²) in [6, 6.07) is 16.9. The summed E-state index contributed by atoms with van der Waals surface area (Å²) < 4.78 is 57.6. The number of carbonyl (C=O) groups excluding carboxylic acids is 1. The van der Waals surface area contributed by atoms with Crippen molar-refractivity contribution in [3.05, 3.63) is 77.9 Å². The smallest absolute Gasteiger partial charge is 0.417 e. The Morgan fingerprint density at radius 3 is 2.68 bits per heavy atom. The number of ether oxygens (including phenoxy) is 3. The molecule has 1 atom stereocenters. The van der Waals surface area contributed by atoms with Gasteiger partial charge in [-0.25, -0.2) is 4.98 Å². The molecule has 2 N–H and O–H groups in total. The number of rotatable bonds is 6. The van der Waals surface area contributed by atoms with E-state index in [-0.39, 0.29) is 35.2 Å². The quantitative estimate of drug-likeness (QED) is 0.330. The molecule has 3 aromatic carbocycles. The first kappa shape index (κ1) is 24.8. The number of halogens is 3. The van der Waals surface area contributed by atoms with Gasteiger partial charge in [0, 0.05) is 17.3 Å². The van der Waals surface area contributed by atoms with Crippen LogP contribution in [-0.2, 0) is 15.7 Å². The third-order valence-corrected chi connectivity index (χ3v) is 5.84. The van der Waals surface area contributed by atoms with Crippen molar-refractivity contribution in [1.82, 2.24) is 9.97 Å². The molecular formula is C27H24F3N3O4. The molecule has 0 saturated carbocycles. The first-order valence-electron chi connectivity index (χ1n) is 11.6. The zero-order chi connectivity index (χ0) is 26.2. The zero-order valence-electron chi connectivity index (χ0n) is 20.1. The maximum Gasteiger partial charge on any atom is 0.417 e. The molecule has 192 valence electrons. The van der Waals surface area contributed by atoms with Gasteiger partial charge < -0.3 is 24.5 Å². The number of aromatic amines is 1. The normalized spacial score (nSPS) is 17.2. The fourth-order valence-corrected chi connectivity index (χ4v) is 4.18.